The first-order chi connectivity index (χ1) is 9.76. The van der Waals surface area contributed by atoms with E-state index in [9.17, 15) is 0 Å². The van der Waals surface area contributed by atoms with Crippen molar-refractivity contribution in [3.8, 4) is 0 Å². The molecule has 110 valence electrons. The molecule has 4 heteroatoms. The fourth-order valence-electron chi connectivity index (χ4n) is 2.55. The molecule has 2 rings (SSSR count). The average molecular weight is 358 g/mol. The molecule has 0 fully saturated rings. The van der Waals surface area contributed by atoms with Crippen LogP contribution in [0.4, 0.5) is 0 Å². The van der Waals surface area contributed by atoms with Crippen LogP contribution in [0.25, 0.3) is 11.0 Å². The van der Waals surface area contributed by atoms with Gasteiger partial charge in [-0.05, 0) is 24.6 Å². The molecule has 0 spiro atoms. The first-order valence-electron chi connectivity index (χ1n) is 7.47. The van der Waals surface area contributed by atoms with Gasteiger partial charge in [0, 0.05) is 11.0 Å². The first kappa shape index (κ1) is 15.8. The maximum atomic E-state index is 6.03. The van der Waals surface area contributed by atoms with Gasteiger partial charge in [0.25, 0.3) is 0 Å². The lowest BCUT2D eigenvalue weighted by Gasteiger charge is -2.08. The van der Waals surface area contributed by atoms with Gasteiger partial charge >= 0.3 is 0 Å². The number of nitrogens with zero attached hydrogens (tertiary/aromatic N) is 2. The minimum Gasteiger partial charge on any atom is -0.327 e. The number of fused-ring (bicyclic) bond motifs is 1. The van der Waals surface area contributed by atoms with Crippen molar-refractivity contribution in [1.82, 2.24) is 9.55 Å². The summed E-state index contributed by atoms with van der Waals surface area (Å²) in [6.07, 6.45) is 7.83. The van der Waals surface area contributed by atoms with Crippen LogP contribution in [0.3, 0.4) is 0 Å². The highest BCUT2D eigenvalue weighted by Crippen LogP contribution is 2.22. The minimum absolute atomic E-state index is 0.474. The minimum atomic E-state index is 0.474. The summed E-state index contributed by atoms with van der Waals surface area (Å²) in [5, 5.41) is 0. The maximum absolute atomic E-state index is 6.03. The predicted octanol–water partition coefficient (Wildman–Crippen LogP) is 5.90. The highest BCUT2D eigenvalue weighted by Gasteiger charge is 2.09. The summed E-state index contributed by atoms with van der Waals surface area (Å²) in [6, 6.07) is 6.21. The molecule has 0 unspecified atom stereocenters. The number of unbranched alkanes of at least 4 members (excludes halogenated alkanes) is 5. The Morgan fingerprint density at radius 1 is 1.15 bits per heavy atom. The van der Waals surface area contributed by atoms with Gasteiger partial charge in [0.15, 0.2) is 0 Å². The van der Waals surface area contributed by atoms with Gasteiger partial charge in [-0.3, -0.25) is 0 Å². The molecule has 0 atom stereocenters. The second-order valence-corrected chi connectivity index (χ2v) is 6.40. The van der Waals surface area contributed by atoms with E-state index in [1.54, 1.807) is 0 Å². The number of rotatable bonds is 8. The van der Waals surface area contributed by atoms with Gasteiger partial charge in [-0.25, -0.2) is 4.98 Å². The monoisotopic (exact) mass is 356 g/mol. The van der Waals surface area contributed by atoms with Crippen LogP contribution >= 0.6 is 27.5 Å². The fraction of sp³-hybridized carbons (Fsp3) is 0.562. The Balaban J connectivity index is 2.02. The molecule has 2 aromatic rings. The summed E-state index contributed by atoms with van der Waals surface area (Å²) in [5.74, 6) is 1.45. The summed E-state index contributed by atoms with van der Waals surface area (Å²) in [7, 11) is 0. The highest BCUT2D eigenvalue weighted by molar-refractivity contribution is 9.10. The van der Waals surface area contributed by atoms with Crippen LogP contribution < -0.4 is 0 Å². The van der Waals surface area contributed by atoms with Gasteiger partial charge in [-0.1, -0.05) is 55.0 Å². The molecule has 2 nitrogen and oxygen atoms in total. The SMILES string of the molecule is CCCCCCCCn1c(CCl)nc2ccc(Br)cc21. The van der Waals surface area contributed by atoms with Crippen molar-refractivity contribution >= 4 is 38.6 Å². The molecule has 1 aromatic carbocycles. The lowest BCUT2D eigenvalue weighted by atomic mass is 10.1. The van der Waals surface area contributed by atoms with Crippen molar-refractivity contribution in [2.24, 2.45) is 0 Å². The van der Waals surface area contributed by atoms with Gasteiger partial charge < -0.3 is 4.57 Å². The normalized spacial score (nSPS) is 11.3. The van der Waals surface area contributed by atoms with E-state index in [2.05, 4.69) is 38.5 Å². The molecular weight excluding hydrogens is 336 g/mol. The summed E-state index contributed by atoms with van der Waals surface area (Å²) in [6.45, 7) is 3.27. The van der Waals surface area contributed by atoms with Crippen LogP contribution in [0, 0.1) is 0 Å². The highest BCUT2D eigenvalue weighted by atomic mass is 79.9. The summed E-state index contributed by atoms with van der Waals surface area (Å²) in [5.41, 5.74) is 2.22. The first-order valence-corrected chi connectivity index (χ1v) is 8.79. The smallest absolute Gasteiger partial charge is 0.124 e. The Bertz CT molecular complexity index is 551. The Labute approximate surface area is 134 Å². The van der Waals surface area contributed by atoms with Crippen molar-refractivity contribution in [3.63, 3.8) is 0 Å². The van der Waals surface area contributed by atoms with Gasteiger partial charge in [0.05, 0.1) is 16.9 Å². The van der Waals surface area contributed by atoms with Crippen LogP contribution in [0.5, 0.6) is 0 Å². The number of aryl methyl sites for hydroxylation is 1. The van der Waals surface area contributed by atoms with Gasteiger partial charge in [-0.15, -0.1) is 11.6 Å². The maximum Gasteiger partial charge on any atom is 0.124 e. The zero-order valence-corrected chi connectivity index (χ0v) is 14.4. The molecule has 0 N–H and O–H groups in total. The number of hydrogen-bond donors (Lipinski definition) is 0. The zero-order chi connectivity index (χ0) is 14.4. The number of alkyl halides is 1. The Hall–Kier alpha value is -0.540. The van der Waals surface area contributed by atoms with E-state index in [0.29, 0.717) is 5.88 Å². The van der Waals surface area contributed by atoms with Crippen LogP contribution in [-0.4, -0.2) is 9.55 Å². The molecule has 0 aliphatic heterocycles. The van der Waals surface area contributed by atoms with Gasteiger partial charge in [0.2, 0.25) is 0 Å². The van der Waals surface area contributed by atoms with Crippen LogP contribution in [-0.2, 0) is 12.4 Å². The molecule has 0 saturated carbocycles. The summed E-state index contributed by atoms with van der Waals surface area (Å²) >= 11 is 9.56. The third-order valence-corrected chi connectivity index (χ3v) is 4.38. The van der Waals surface area contributed by atoms with E-state index in [0.717, 1.165) is 22.4 Å². The number of aromatic nitrogens is 2. The molecule has 0 amide bonds. The van der Waals surface area contributed by atoms with E-state index >= 15 is 0 Å². The molecule has 1 heterocycles. The van der Waals surface area contributed by atoms with E-state index in [1.807, 2.05) is 12.1 Å². The van der Waals surface area contributed by atoms with E-state index in [-0.39, 0.29) is 0 Å². The standard InChI is InChI=1S/C16H22BrClN2/c1-2-3-4-5-6-7-10-20-15-11-13(17)8-9-14(15)19-16(20)12-18/h8-9,11H,2-7,10,12H2,1H3. The third kappa shape index (κ3) is 3.98. The molecule has 0 aliphatic rings. The molecular formula is C16H22BrClN2. The quantitative estimate of drug-likeness (QED) is 0.425. The van der Waals surface area contributed by atoms with Crippen molar-refractivity contribution in [2.75, 3.05) is 0 Å². The largest absolute Gasteiger partial charge is 0.327 e. The third-order valence-electron chi connectivity index (χ3n) is 3.64. The van der Waals surface area contributed by atoms with Crippen LogP contribution in [0.15, 0.2) is 22.7 Å². The number of imidazole rings is 1. The van der Waals surface area contributed by atoms with Gasteiger partial charge in [-0.2, -0.15) is 0 Å². The fourth-order valence-corrected chi connectivity index (χ4v) is 3.10. The second kappa shape index (κ2) is 8.04. The molecule has 0 aliphatic carbocycles. The lowest BCUT2D eigenvalue weighted by molar-refractivity contribution is 0.557. The molecule has 0 saturated heterocycles. The van der Waals surface area contributed by atoms with Crippen LogP contribution in [0.2, 0.25) is 0 Å². The molecule has 20 heavy (non-hydrogen) atoms. The topological polar surface area (TPSA) is 17.8 Å². The Morgan fingerprint density at radius 3 is 2.65 bits per heavy atom. The Morgan fingerprint density at radius 2 is 1.90 bits per heavy atom. The van der Waals surface area contributed by atoms with E-state index in [4.69, 9.17) is 11.6 Å². The lowest BCUT2D eigenvalue weighted by Crippen LogP contribution is -2.02. The number of hydrogen-bond acceptors (Lipinski definition) is 1. The second-order valence-electron chi connectivity index (χ2n) is 5.21. The average Bonchev–Trinajstić information content (AvgIpc) is 2.80. The molecule has 0 bridgehead atoms. The molecule has 1 aromatic heterocycles. The van der Waals surface area contributed by atoms with Gasteiger partial charge in [0.1, 0.15) is 5.82 Å². The zero-order valence-electron chi connectivity index (χ0n) is 12.0. The Kier molecular flexibility index (Phi) is 6.37. The number of halogens is 2. The van der Waals surface area contributed by atoms with Crippen LogP contribution in [0.1, 0.15) is 51.3 Å². The van der Waals surface area contributed by atoms with E-state index < -0.39 is 0 Å². The van der Waals surface area contributed by atoms with Crippen molar-refractivity contribution < 1.29 is 0 Å². The van der Waals surface area contributed by atoms with Crippen molar-refractivity contribution in [1.29, 1.82) is 0 Å². The predicted molar refractivity (Wildman–Crippen MR) is 90.4 cm³/mol. The van der Waals surface area contributed by atoms with Crippen molar-refractivity contribution in [3.05, 3.63) is 28.5 Å². The van der Waals surface area contributed by atoms with E-state index in [1.165, 1.54) is 44.0 Å². The van der Waals surface area contributed by atoms with Crippen molar-refractivity contribution in [2.45, 2.75) is 57.9 Å². The number of benzene rings is 1. The summed E-state index contributed by atoms with van der Waals surface area (Å²) < 4.78 is 3.36. The molecule has 0 radical (unpaired) electrons. The summed E-state index contributed by atoms with van der Waals surface area (Å²) in [4.78, 5) is 4.61.